The van der Waals surface area contributed by atoms with Crippen LogP contribution in [0.25, 0.3) is 22.3 Å². The van der Waals surface area contributed by atoms with Crippen molar-refractivity contribution in [1.29, 1.82) is 0 Å². The van der Waals surface area contributed by atoms with E-state index in [1.165, 1.54) is 6.33 Å². The minimum Gasteiger partial charge on any atom is -0.457 e. The van der Waals surface area contributed by atoms with Crippen molar-refractivity contribution in [3.05, 3.63) is 90.8 Å². The lowest BCUT2D eigenvalue weighted by molar-refractivity contribution is -0.113. The third kappa shape index (κ3) is 4.92. The van der Waals surface area contributed by atoms with Gasteiger partial charge in [-0.25, -0.2) is 14.6 Å². The molecule has 0 aliphatic heterocycles. The van der Waals surface area contributed by atoms with E-state index >= 15 is 0 Å². The Morgan fingerprint density at radius 3 is 2.51 bits per heavy atom. The smallest absolute Gasteiger partial charge is 0.239 e. The Hall–Kier alpha value is -4.43. The molecule has 0 atom stereocenters. The van der Waals surface area contributed by atoms with Gasteiger partial charge in [-0.3, -0.25) is 4.79 Å². The molecule has 35 heavy (non-hydrogen) atoms. The predicted octanol–water partition coefficient (Wildman–Crippen LogP) is 5.09. The molecular weight excluding hydrogens is 464 g/mol. The molecule has 0 aliphatic carbocycles. The van der Waals surface area contributed by atoms with Crippen LogP contribution in [0.2, 0.25) is 0 Å². The molecule has 9 heteroatoms. The van der Waals surface area contributed by atoms with Crippen LogP contribution in [0.3, 0.4) is 0 Å². The maximum Gasteiger partial charge on any atom is 0.239 e. The molecule has 0 fully saturated rings. The molecule has 3 N–H and O–H groups in total. The lowest BCUT2D eigenvalue weighted by atomic mass is 10.1. The van der Waals surface area contributed by atoms with Crippen LogP contribution in [0.4, 0.5) is 11.5 Å². The van der Waals surface area contributed by atoms with Gasteiger partial charge < -0.3 is 15.8 Å². The number of nitrogens with two attached hydrogens (primary N) is 1. The fraction of sp³-hybridized carbons (Fsp3) is 0.0769. The zero-order valence-corrected chi connectivity index (χ0v) is 19.3. The lowest BCUT2D eigenvalue weighted by Crippen LogP contribution is -2.12. The Morgan fingerprint density at radius 1 is 0.971 bits per heavy atom. The zero-order chi connectivity index (χ0) is 24.2. The first-order chi connectivity index (χ1) is 17.1. The van der Waals surface area contributed by atoms with E-state index in [1.54, 1.807) is 10.7 Å². The van der Waals surface area contributed by atoms with Gasteiger partial charge in [0, 0.05) is 11.3 Å². The lowest BCUT2D eigenvalue weighted by Gasteiger charge is -2.07. The number of alkyl halides is 1. The Balaban J connectivity index is 1.47. The highest BCUT2D eigenvalue weighted by atomic mass is 35.5. The van der Waals surface area contributed by atoms with Crippen molar-refractivity contribution in [3.8, 4) is 22.8 Å². The normalized spacial score (nSPS) is 10.9. The van der Waals surface area contributed by atoms with Gasteiger partial charge in [0.1, 0.15) is 35.2 Å². The van der Waals surface area contributed by atoms with Crippen molar-refractivity contribution in [3.63, 3.8) is 0 Å². The number of hydrogen-bond acceptors (Lipinski definition) is 6. The molecule has 2 aromatic heterocycles. The number of fused-ring (bicyclic) bond motifs is 1. The first-order valence-corrected chi connectivity index (χ1v) is 11.4. The van der Waals surface area contributed by atoms with Gasteiger partial charge >= 0.3 is 0 Å². The Bertz CT molecular complexity index is 1490. The number of carbonyl (C=O) groups is 1. The Morgan fingerprint density at radius 2 is 1.74 bits per heavy atom. The van der Waals surface area contributed by atoms with Gasteiger partial charge in [0.2, 0.25) is 5.91 Å². The Labute approximate surface area is 206 Å². The van der Waals surface area contributed by atoms with Crippen molar-refractivity contribution in [2.24, 2.45) is 0 Å². The zero-order valence-electron chi connectivity index (χ0n) is 18.6. The van der Waals surface area contributed by atoms with Crippen LogP contribution in [-0.4, -0.2) is 31.5 Å². The van der Waals surface area contributed by atoms with Gasteiger partial charge in [0.05, 0.1) is 11.9 Å². The van der Waals surface area contributed by atoms with E-state index in [0.717, 1.165) is 16.9 Å². The number of aromatic nitrogens is 4. The third-order valence-electron chi connectivity index (χ3n) is 5.33. The maximum absolute atomic E-state index is 11.6. The Kier molecular flexibility index (Phi) is 6.28. The second-order valence-corrected chi connectivity index (χ2v) is 8.05. The molecule has 1 amide bonds. The van der Waals surface area contributed by atoms with E-state index < -0.39 is 0 Å². The fourth-order valence-electron chi connectivity index (χ4n) is 3.76. The molecule has 0 aliphatic rings. The number of nitrogens with one attached hydrogen (secondary N) is 1. The van der Waals surface area contributed by atoms with Crippen molar-refractivity contribution in [2.75, 3.05) is 16.9 Å². The summed E-state index contributed by atoms with van der Waals surface area (Å²) in [5, 5.41) is 8.26. The average molecular weight is 485 g/mol. The number of rotatable bonds is 7. The van der Waals surface area contributed by atoms with Crippen LogP contribution < -0.4 is 15.8 Å². The molecular formula is C26H21ClN6O2. The second-order valence-electron chi connectivity index (χ2n) is 7.79. The van der Waals surface area contributed by atoms with Crippen molar-refractivity contribution >= 4 is 40.0 Å². The van der Waals surface area contributed by atoms with Crippen LogP contribution in [0.15, 0.2) is 85.2 Å². The van der Waals surface area contributed by atoms with Crippen LogP contribution in [0, 0.1) is 0 Å². The minimum absolute atomic E-state index is 0.108. The molecule has 174 valence electrons. The van der Waals surface area contributed by atoms with Gasteiger partial charge in [-0.15, -0.1) is 11.6 Å². The monoisotopic (exact) mass is 484 g/mol. The molecule has 2 heterocycles. The van der Waals surface area contributed by atoms with Gasteiger partial charge in [-0.05, 0) is 54.1 Å². The summed E-state index contributed by atoms with van der Waals surface area (Å²) in [4.78, 5) is 20.3. The molecule has 3 aromatic carbocycles. The molecule has 0 saturated carbocycles. The van der Waals surface area contributed by atoms with Crippen molar-refractivity contribution in [2.45, 2.75) is 6.54 Å². The molecule has 8 nitrogen and oxygen atoms in total. The first-order valence-electron chi connectivity index (χ1n) is 10.9. The number of carbonyl (C=O) groups excluding carboxylic acids is 1. The number of hydrogen-bond donors (Lipinski definition) is 2. The van der Waals surface area contributed by atoms with Gasteiger partial charge in [-0.2, -0.15) is 5.10 Å². The molecule has 0 unspecified atom stereocenters. The van der Waals surface area contributed by atoms with Gasteiger partial charge in [-0.1, -0.05) is 30.3 Å². The molecule has 5 aromatic rings. The van der Waals surface area contributed by atoms with E-state index in [9.17, 15) is 4.79 Å². The number of benzene rings is 3. The molecule has 0 bridgehead atoms. The van der Waals surface area contributed by atoms with Crippen molar-refractivity contribution < 1.29 is 9.53 Å². The van der Waals surface area contributed by atoms with E-state index in [4.69, 9.17) is 27.2 Å². The van der Waals surface area contributed by atoms with Crippen molar-refractivity contribution in [1.82, 2.24) is 19.7 Å². The average Bonchev–Trinajstić information content (AvgIpc) is 3.25. The quantitative estimate of drug-likeness (QED) is 0.311. The summed E-state index contributed by atoms with van der Waals surface area (Å²) in [6.07, 6.45) is 1.42. The number of amides is 1. The molecule has 0 radical (unpaired) electrons. The molecule has 0 saturated heterocycles. The standard InChI is InChI=1S/C26H21ClN6O2/c27-14-22(34)31-19-6-4-5-17(13-19)15-33-26-23(25(28)29-16-30-26)24(32-33)18-9-11-21(12-10-18)35-20-7-2-1-3-8-20/h1-13,16H,14-15H2,(H,31,34)(H2,28,29,30). The number of ether oxygens (including phenoxy) is 1. The second kappa shape index (κ2) is 9.82. The van der Waals surface area contributed by atoms with Crippen LogP contribution in [0.1, 0.15) is 5.56 Å². The molecule has 5 rings (SSSR count). The van der Waals surface area contributed by atoms with E-state index in [0.29, 0.717) is 40.5 Å². The third-order valence-corrected chi connectivity index (χ3v) is 5.57. The predicted molar refractivity (Wildman–Crippen MR) is 137 cm³/mol. The van der Waals surface area contributed by atoms with E-state index in [2.05, 4.69) is 15.3 Å². The number of nitrogen functional groups attached to an aromatic ring is 1. The maximum atomic E-state index is 11.6. The first kappa shape index (κ1) is 22.4. The number of para-hydroxylation sites is 1. The number of anilines is 2. The topological polar surface area (TPSA) is 108 Å². The number of halogens is 1. The summed E-state index contributed by atoms with van der Waals surface area (Å²) >= 11 is 5.60. The number of nitrogens with zero attached hydrogens (tertiary/aromatic N) is 4. The van der Waals surface area contributed by atoms with Gasteiger partial charge in [0.25, 0.3) is 0 Å². The summed E-state index contributed by atoms with van der Waals surface area (Å²) in [5.41, 5.74) is 9.98. The fourth-order valence-corrected chi connectivity index (χ4v) is 3.83. The highest BCUT2D eigenvalue weighted by molar-refractivity contribution is 6.29. The minimum atomic E-state index is -0.268. The highest BCUT2D eigenvalue weighted by Gasteiger charge is 2.17. The summed E-state index contributed by atoms with van der Waals surface area (Å²) < 4.78 is 7.68. The van der Waals surface area contributed by atoms with E-state index in [-0.39, 0.29) is 11.8 Å². The highest BCUT2D eigenvalue weighted by Crippen LogP contribution is 2.32. The van der Waals surface area contributed by atoms with Crippen LogP contribution >= 0.6 is 11.6 Å². The summed E-state index contributed by atoms with van der Waals surface area (Å²) in [6.45, 7) is 0.423. The molecule has 0 spiro atoms. The summed E-state index contributed by atoms with van der Waals surface area (Å²) in [5.74, 6) is 1.45. The van der Waals surface area contributed by atoms with Crippen LogP contribution in [0.5, 0.6) is 11.5 Å². The summed E-state index contributed by atoms with van der Waals surface area (Å²) in [7, 11) is 0. The summed E-state index contributed by atoms with van der Waals surface area (Å²) in [6, 6.07) is 24.7. The van der Waals surface area contributed by atoms with E-state index in [1.807, 2.05) is 72.8 Å². The van der Waals surface area contributed by atoms with Gasteiger partial charge in [0.15, 0.2) is 5.65 Å². The largest absolute Gasteiger partial charge is 0.457 e. The SMILES string of the molecule is Nc1ncnc2c1c(-c1ccc(Oc3ccccc3)cc1)nn2Cc1cccc(NC(=O)CCl)c1. The van der Waals surface area contributed by atoms with Crippen LogP contribution in [-0.2, 0) is 11.3 Å².